The molecule has 56 heavy (non-hydrogen) atoms. The smallest absolute Gasteiger partial charge is 0.410 e. The Labute approximate surface area is 326 Å². The minimum atomic E-state index is -0.961. The fourth-order valence-corrected chi connectivity index (χ4v) is 9.26. The monoisotopic (exact) mass is 764 g/mol. The number of hydrogen-bond donors (Lipinski definition) is 3. The molecule has 0 unspecified atom stereocenters. The van der Waals surface area contributed by atoms with Gasteiger partial charge >= 0.3 is 12.2 Å². The molecular weight excluding hydrogens is 713 g/mol. The molecule has 0 radical (unpaired) electrons. The van der Waals surface area contributed by atoms with Gasteiger partial charge in [-0.15, -0.1) is 0 Å². The number of fused-ring (bicyclic) bond motifs is 6. The number of aromatic nitrogens is 4. The van der Waals surface area contributed by atoms with Gasteiger partial charge in [0.05, 0.1) is 42.2 Å². The summed E-state index contributed by atoms with van der Waals surface area (Å²) in [5, 5.41) is 12.4. The SMILES string of the molecule is COC[C@@H]1CN(C(=O)O)[C@](c2ncc(-c3ccc4c(c3)COc3cc5c(ccc6nc([C@@H]7C[C@H](COC)CN7C(=O)OC(C)(C)C)[nH]c65)cc3-4)[nH]2)(C(C)(C)C)C1. The lowest BCUT2D eigenvalue weighted by Gasteiger charge is -2.45. The first kappa shape index (κ1) is 37.8. The van der Waals surface area contributed by atoms with E-state index in [2.05, 4.69) is 67.1 Å². The fourth-order valence-electron chi connectivity index (χ4n) is 9.26. The average Bonchev–Trinajstić information content (AvgIpc) is 3.94. The van der Waals surface area contributed by atoms with Gasteiger partial charge in [-0.05, 0) is 85.4 Å². The topological polar surface area (TPSA) is 155 Å². The third kappa shape index (κ3) is 6.44. The molecule has 4 atom stereocenters. The second-order valence-electron chi connectivity index (χ2n) is 17.7. The first-order chi connectivity index (χ1) is 26.6. The Morgan fingerprint density at radius 3 is 2.45 bits per heavy atom. The lowest BCUT2D eigenvalue weighted by molar-refractivity contribution is 0.0206. The molecule has 2 amide bonds. The molecule has 296 valence electrons. The molecule has 13 nitrogen and oxygen atoms in total. The molecule has 3 aromatic carbocycles. The Kier molecular flexibility index (Phi) is 9.31. The van der Waals surface area contributed by atoms with E-state index in [1.54, 1.807) is 30.2 Å². The van der Waals surface area contributed by atoms with E-state index < -0.39 is 22.6 Å². The van der Waals surface area contributed by atoms with Crippen molar-refractivity contribution in [3.8, 4) is 28.1 Å². The Morgan fingerprint density at radius 1 is 0.964 bits per heavy atom. The average molecular weight is 765 g/mol. The van der Waals surface area contributed by atoms with Crippen LogP contribution in [0.2, 0.25) is 0 Å². The molecular formula is C43H52N6O7. The van der Waals surface area contributed by atoms with Crippen molar-refractivity contribution in [2.75, 3.05) is 40.5 Å². The lowest BCUT2D eigenvalue weighted by atomic mass is 9.70. The number of H-pyrrole nitrogens is 2. The molecule has 0 aliphatic carbocycles. The van der Waals surface area contributed by atoms with Crippen LogP contribution in [-0.2, 0) is 26.4 Å². The second-order valence-corrected chi connectivity index (χ2v) is 17.7. The van der Waals surface area contributed by atoms with Gasteiger partial charge in [-0.2, -0.15) is 0 Å². The molecule has 0 bridgehead atoms. The summed E-state index contributed by atoms with van der Waals surface area (Å²) in [5.74, 6) is 2.38. The summed E-state index contributed by atoms with van der Waals surface area (Å²) in [6.45, 7) is 14.2. The van der Waals surface area contributed by atoms with E-state index in [-0.39, 0.29) is 24.0 Å². The first-order valence-corrected chi connectivity index (χ1v) is 19.4. The number of amides is 2. The van der Waals surface area contributed by atoms with Gasteiger partial charge in [0.2, 0.25) is 0 Å². The number of ether oxygens (including phenoxy) is 4. The number of likely N-dealkylation sites (tertiary alicyclic amines) is 2. The van der Waals surface area contributed by atoms with Crippen LogP contribution in [0.1, 0.15) is 77.6 Å². The van der Waals surface area contributed by atoms with E-state index in [1.807, 2.05) is 26.8 Å². The molecule has 2 aromatic heterocycles. The molecule has 5 heterocycles. The number of benzene rings is 3. The number of imidazole rings is 2. The Hall–Kier alpha value is -5.14. The van der Waals surface area contributed by atoms with Crippen LogP contribution >= 0.6 is 0 Å². The summed E-state index contributed by atoms with van der Waals surface area (Å²) in [7, 11) is 3.34. The number of nitrogens with one attached hydrogen (secondary N) is 2. The first-order valence-electron chi connectivity index (χ1n) is 19.4. The largest absolute Gasteiger partial charge is 0.488 e. The number of rotatable bonds is 7. The molecule has 3 aliphatic heterocycles. The van der Waals surface area contributed by atoms with Crippen LogP contribution in [0.5, 0.6) is 5.75 Å². The minimum Gasteiger partial charge on any atom is -0.488 e. The van der Waals surface area contributed by atoms with E-state index in [4.69, 9.17) is 28.9 Å². The predicted molar refractivity (Wildman–Crippen MR) is 212 cm³/mol. The van der Waals surface area contributed by atoms with Crippen LogP contribution in [0, 0.1) is 17.3 Å². The summed E-state index contributed by atoms with van der Waals surface area (Å²) in [4.78, 5) is 46.2. The van der Waals surface area contributed by atoms with Gasteiger partial charge in [0.15, 0.2) is 0 Å². The van der Waals surface area contributed by atoms with Crippen LogP contribution < -0.4 is 4.74 Å². The number of methoxy groups -OCH3 is 2. The third-order valence-corrected chi connectivity index (χ3v) is 11.7. The Morgan fingerprint density at radius 2 is 1.73 bits per heavy atom. The maximum absolute atomic E-state index is 13.3. The zero-order chi connectivity index (χ0) is 39.7. The molecule has 13 heteroatoms. The van der Waals surface area contributed by atoms with Crippen LogP contribution in [0.4, 0.5) is 9.59 Å². The van der Waals surface area contributed by atoms with Crippen molar-refractivity contribution in [2.45, 2.75) is 78.2 Å². The molecule has 2 fully saturated rings. The highest BCUT2D eigenvalue weighted by atomic mass is 16.6. The number of aromatic amines is 2. The molecule has 3 N–H and O–H groups in total. The highest BCUT2D eigenvalue weighted by molar-refractivity contribution is 6.07. The van der Waals surface area contributed by atoms with E-state index in [0.29, 0.717) is 45.2 Å². The number of hydrogen-bond acceptors (Lipinski definition) is 8. The summed E-state index contributed by atoms with van der Waals surface area (Å²) < 4.78 is 23.1. The minimum absolute atomic E-state index is 0.0583. The summed E-state index contributed by atoms with van der Waals surface area (Å²) in [6, 6.07) is 14.4. The number of carbonyl (C=O) groups is 2. The summed E-state index contributed by atoms with van der Waals surface area (Å²) in [5.41, 5.74) is 4.71. The van der Waals surface area contributed by atoms with Gasteiger partial charge in [0.25, 0.3) is 0 Å². The maximum atomic E-state index is 13.3. The zero-order valence-electron chi connectivity index (χ0n) is 33.5. The van der Waals surface area contributed by atoms with Gasteiger partial charge in [-0.25, -0.2) is 19.6 Å². The quantitative estimate of drug-likeness (QED) is 0.148. The third-order valence-electron chi connectivity index (χ3n) is 11.7. The van der Waals surface area contributed by atoms with Gasteiger partial charge in [-0.1, -0.05) is 39.0 Å². The molecule has 2 saturated heterocycles. The van der Waals surface area contributed by atoms with E-state index in [9.17, 15) is 14.7 Å². The number of nitrogens with zero attached hydrogens (tertiary/aromatic N) is 4. The Bertz CT molecular complexity index is 2320. The van der Waals surface area contributed by atoms with Gasteiger partial charge in [-0.3, -0.25) is 9.80 Å². The highest BCUT2D eigenvalue weighted by Crippen LogP contribution is 2.52. The van der Waals surface area contributed by atoms with Crippen LogP contribution in [0.25, 0.3) is 44.2 Å². The van der Waals surface area contributed by atoms with Crippen molar-refractivity contribution in [1.29, 1.82) is 0 Å². The maximum Gasteiger partial charge on any atom is 0.410 e. The molecule has 5 aromatic rings. The van der Waals surface area contributed by atoms with Gasteiger partial charge in [0.1, 0.15) is 35.1 Å². The van der Waals surface area contributed by atoms with E-state index in [0.717, 1.165) is 67.7 Å². The summed E-state index contributed by atoms with van der Waals surface area (Å²) >= 11 is 0. The summed E-state index contributed by atoms with van der Waals surface area (Å²) in [6.07, 6.45) is 1.82. The molecule has 3 aliphatic rings. The molecule has 0 saturated carbocycles. The normalized spacial score (nSPS) is 22.4. The van der Waals surface area contributed by atoms with Crippen LogP contribution in [0.3, 0.4) is 0 Å². The van der Waals surface area contributed by atoms with Crippen molar-refractivity contribution >= 4 is 34.0 Å². The van der Waals surface area contributed by atoms with Crippen molar-refractivity contribution in [3.05, 3.63) is 65.9 Å². The van der Waals surface area contributed by atoms with E-state index in [1.165, 1.54) is 0 Å². The van der Waals surface area contributed by atoms with Crippen molar-refractivity contribution < 1.29 is 33.6 Å². The highest BCUT2D eigenvalue weighted by Gasteiger charge is 2.58. The fraction of sp³-hybridized carbons (Fsp3) is 0.488. The van der Waals surface area contributed by atoms with Crippen molar-refractivity contribution in [1.82, 2.24) is 29.7 Å². The number of carbonyl (C=O) groups excluding carboxylic acids is 1. The van der Waals surface area contributed by atoms with Crippen molar-refractivity contribution in [2.24, 2.45) is 17.3 Å². The number of carboxylic acid groups (broad SMARTS) is 1. The van der Waals surface area contributed by atoms with Crippen LogP contribution in [-0.4, -0.2) is 93.2 Å². The standard InChI is InChI=1S/C43H52N6O7/c1-41(2,3)43(17-25(22-54-8)20-49(43)39(50)51)38-44-18-33(46-38)27-9-11-29-28(14-27)23-55-35-16-30-26(15-31(29)35)10-12-32-36(30)47-37(45-32)34-13-24(21-53-7)19-48(34)40(52)56-42(4,5)6/h9-12,14-16,18,24-25,34H,13,17,19-23H2,1-8H3,(H,44,46)(H,45,47)(H,50,51)/t24-,25-,34-,43+/m0/s1. The Balaban J connectivity index is 1.10. The van der Waals surface area contributed by atoms with Crippen LogP contribution in [0.15, 0.2) is 48.7 Å². The van der Waals surface area contributed by atoms with Gasteiger partial charge in [0, 0.05) is 50.1 Å². The van der Waals surface area contributed by atoms with Gasteiger partial charge < -0.3 is 34.0 Å². The van der Waals surface area contributed by atoms with E-state index >= 15 is 0 Å². The predicted octanol–water partition coefficient (Wildman–Crippen LogP) is 8.50. The second kappa shape index (κ2) is 13.8. The lowest BCUT2D eigenvalue weighted by Crippen LogP contribution is -2.53. The molecule has 0 spiro atoms. The zero-order valence-corrected chi connectivity index (χ0v) is 33.5. The van der Waals surface area contributed by atoms with Crippen molar-refractivity contribution in [3.63, 3.8) is 0 Å². The molecule has 8 rings (SSSR count).